The summed E-state index contributed by atoms with van der Waals surface area (Å²) in [6.45, 7) is 0. The number of nitrogens with zero attached hydrogens (tertiary/aromatic N) is 2. The summed E-state index contributed by atoms with van der Waals surface area (Å²) in [7, 11) is 0. The van der Waals surface area contributed by atoms with Crippen molar-refractivity contribution in [3.8, 4) is 0 Å². The van der Waals surface area contributed by atoms with Gasteiger partial charge in [0.25, 0.3) is 11.8 Å². The van der Waals surface area contributed by atoms with E-state index in [1.165, 1.54) is 24.7 Å². The fourth-order valence-electron chi connectivity index (χ4n) is 2.38. The smallest absolute Gasteiger partial charge is 0.327 e. The monoisotopic (exact) mass is 285 g/mol. The first-order valence-electron chi connectivity index (χ1n) is 6.26. The van der Waals surface area contributed by atoms with Gasteiger partial charge in [0, 0.05) is 18.3 Å². The SMILES string of the molecule is O=C(O)[C@@H](Cc1cnc[nH]1)N1C(=O)c2ccccc2C1=O. The number of hydrogen-bond acceptors (Lipinski definition) is 4. The second-order valence-electron chi connectivity index (χ2n) is 4.66. The molecule has 0 bridgehead atoms. The Hall–Kier alpha value is -2.96. The average Bonchev–Trinajstić information content (AvgIpc) is 3.06. The van der Waals surface area contributed by atoms with Crippen molar-refractivity contribution in [1.82, 2.24) is 14.9 Å². The van der Waals surface area contributed by atoms with Gasteiger partial charge in [-0.25, -0.2) is 9.78 Å². The number of H-pyrrole nitrogens is 1. The molecule has 1 aromatic carbocycles. The molecule has 1 aromatic heterocycles. The summed E-state index contributed by atoms with van der Waals surface area (Å²) in [5.74, 6) is -2.40. The van der Waals surface area contributed by atoms with E-state index in [-0.39, 0.29) is 17.5 Å². The number of carboxylic acid groups (broad SMARTS) is 1. The summed E-state index contributed by atoms with van der Waals surface area (Å²) in [4.78, 5) is 43.4. The number of aromatic nitrogens is 2. The Labute approximate surface area is 119 Å². The summed E-state index contributed by atoms with van der Waals surface area (Å²) >= 11 is 0. The lowest BCUT2D eigenvalue weighted by atomic mass is 10.1. The zero-order valence-corrected chi connectivity index (χ0v) is 10.8. The van der Waals surface area contributed by atoms with Gasteiger partial charge in [-0.05, 0) is 12.1 Å². The van der Waals surface area contributed by atoms with E-state index in [0.29, 0.717) is 5.69 Å². The Morgan fingerprint density at radius 1 is 1.24 bits per heavy atom. The van der Waals surface area contributed by atoms with Crippen molar-refractivity contribution < 1.29 is 19.5 Å². The Bertz CT molecular complexity index is 689. The number of hydrogen-bond donors (Lipinski definition) is 2. The van der Waals surface area contributed by atoms with Crippen molar-refractivity contribution in [3.05, 3.63) is 53.6 Å². The van der Waals surface area contributed by atoms with Crippen molar-refractivity contribution in [1.29, 1.82) is 0 Å². The highest BCUT2D eigenvalue weighted by molar-refractivity contribution is 6.22. The van der Waals surface area contributed by atoms with Gasteiger partial charge in [-0.1, -0.05) is 12.1 Å². The molecule has 7 heteroatoms. The standard InChI is InChI=1S/C14H11N3O4/c18-12-9-3-1-2-4-10(9)13(19)17(12)11(14(20)21)5-8-6-15-7-16-8/h1-4,6-7,11H,5H2,(H,15,16)(H,20,21)/t11-/m1/s1. The number of carboxylic acids is 1. The van der Waals surface area contributed by atoms with E-state index in [1.54, 1.807) is 12.1 Å². The fourth-order valence-corrected chi connectivity index (χ4v) is 2.38. The molecule has 2 N–H and O–H groups in total. The molecule has 21 heavy (non-hydrogen) atoms. The summed E-state index contributed by atoms with van der Waals surface area (Å²) < 4.78 is 0. The van der Waals surface area contributed by atoms with E-state index >= 15 is 0 Å². The maximum absolute atomic E-state index is 12.3. The van der Waals surface area contributed by atoms with Gasteiger partial charge in [0.15, 0.2) is 0 Å². The number of imide groups is 1. The summed E-state index contributed by atoms with van der Waals surface area (Å²) in [5, 5.41) is 9.37. The van der Waals surface area contributed by atoms with Crippen LogP contribution in [0, 0.1) is 0 Å². The van der Waals surface area contributed by atoms with Gasteiger partial charge in [-0.2, -0.15) is 0 Å². The molecule has 1 aliphatic rings. The number of rotatable bonds is 4. The van der Waals surface area contributed by atoms with Crippen molar-refractivity contribution in [2.75, 3.05) is 0 Å². The molecular formula is C14H11N3O4. The largest absolute Gasteiger partial charge is 0.480 e. The van der Waals surface area contributed by atoms with Crippen LogP contribution in [-0.4, -0.2) is 43.8 Å². The molecule has 0 radical (unpaired) electrons. The first-order valence-corrected chi connectivity index (χ1v) is 6.26. The van der Waals surface area contributed by atoms with Crippen LogP contribution >= 0.6 is 0 Å². The molecule has 3 rings (SSSR count). The lowest BCUT2D eigenvalue weighted by molar-refractivity contribution is -0.141. The van der Waals surface area contributed by atoms with Gasteiger partial charge >= 0.3 is 5.97 Å². The first kappa shape index (κ1) is 13.0. The van der Waals surface area contributed by atoms with Crippen LogP contribution in [0.2, 0.25) is 0 Å². The van der Waals surface area contributed by atoms with Crippen molar-refractivity contribution in [2.24, 2.45) is 0 Å². The number of carbonyl (C=O) groups excluding carboxylic acids is 2. The van der Waals surface area contributed by atoms with Gasteiger partial charge < -0.3 is 10.1 Å². The van der Waals surface area contributed by atoms with Crippen LogP contribution in [-0.2, 0) is 11.2 Å². The third-order valence-electron chi connectivity index (χ3n) is 3.39. The summed E-state index contributed by atoms with van der Waals surface area (Å²) in [5.41, 5.74) is 1.01. The topological polar surface area (TPSA) is 103 Å². The van der Waals surface area contributed by atoms with Crippen molar-refractivity contribution in [2.45, 2.75) is 12.5 Å². The van der Waals surface area contributed by atoms with E-state index < -0.39 is 23.8 Å². The molecule has 0 spiro atoms. The van der Waals surface area contributed by atoms with Crippen LogP contribution in [0.3, 0.4) is 0 Å². The zero-order valence-electron chi connectivity index (χ0n) is 10.8. The Balaban J connectivity index is 1.96. The van der Waals surface area contributed by atoms with E-state index in [2.05, 4.69) is 9.97 Å². The van der Waals surface area contributed by atoms with Crippen LogP contribution in [0.25, 0.3) is 0 Å². The molecule has 0 saturated heterocycles. The quantitative estimate of drug-likeness (QED) is 0.805. The van der Waals surface area contributed by atoms with Crippen LogP contribution in [0.5, 0.6) is 0 Å². The highest BCUT2D eigenvalue weighted by Crippen LogP contribution is 2.25. The van der Waals surface area contributed by atoms with Gasteiger partial charge in [-0.15, -0.1) is 0 Å². The molecule has 2 heterocycles. The number of nitrogens with one attached hydrogen (secondary N) is 1. The highest BCUT2D eigenvalue weighted by Gasteiger charge is 2.42. The molecule has 2 amide bonds. The van der Waals surface area contributed by atoms with E-state index in [1.807, 2.05) is 0 Å². The summed E-state index contributed by atoms with van der Waals surface area (Å²) in [6.07, 6.45) is 2.87. The fraction of sp³-hybridized carbons (Fsp3) is 0.143. The molecule has 0 fully saturated rings. The Morgan fingerprint density at radius 2 is 1.86 bits per heavy atom. The normalized spacial score (nSPS) is 15.1. The molecule has 0 aliphatic carbocycles. The minimum Gasteiger partial charge on any atom is -0.480 e. The molecule has 2 aromatic rings. The highest BCUT2D eigenvalue weighted by atomic mass is 16.4. The predicted molar refractivity (Wildman–Crippen MR) is 70.7 cm³/mol. The minimum absolute atomic E-state index is 0.0131. The zero-order chi connectivity index (χ0) is 15.0. The summed E-state index contributed by atoms with van der Waals surface area (Å²) in [6, 6.07) is 5.05. The minimum atomic E-state index is -1.27. The van der Waals surface area contributed by atoms with E-state index in [0.717, 1.165) is 4.90 Å². The lowest BCUT2D eigenvalue weighted by Crippen LogP contribution is -2.46. The van der Waals surface area contributed by atoms with E-state index in [4.69, 9.17) is 0 Å². The number of carbonyl (C=O) groups is 3. The second kappa shape index (κ2) is 4.86. The number of imidazole rings is 1. The molecule has 7 nitrogen and oxygen atoms in total. The number of aliphatic carboxylic acids is 1. The van der Waals surface area contributed by atoms with Crippen molar-refractivity contribution in [3.63, 3.8) is 0 Å². The van der Waals surface area contributed by atoms with Crippen LogP contribution in [0.4, 0.5) is 0 Å². The molecule has 0 saturated carbocycles. The van der Waals surface area contributed by atoms with Gasteiger partial charge in [-0.3, -0.25) is 14.5 Å². The molecule has 1 atom stereocenters. The molecule has 1 aliphatic heterocycles. The Morgan fingerprint density at radius 3 is 2.33 bits per heavy atom. The Kier molecular flexibility index (Phi) is 3.02. The maximum atomic E-state index is 12.3. The number of amides is 2. The third kappa shape index (κ3) is 2.08. The number of fused-ring (bicyclic) bond motifs is 1. The van der Waals surface area contributed by atoms with Gasteiger partial charge in [0.2, 0.25) is 0 Å². The maximum Gasteiger partial charge on any atom is 0.327 e. The van der Waals surface area contributed by atoms with Crippen LogP contribution in [0.1, 0.15) is 26.4 Å². The number of aromatic amines is 1. The lowest BCUT2D eigenvalue weighted by Gasteiger charge is -2.21. The molecule has 0 unspecified atom stereocenters. The molecule has 106 valence electrons. The van der Waals surface area contributed by atoms with Gasteiger partial charge in [0.05, 0.1) is 17.5 Å². The van der Waals surface area contributed by atoms with Crippen LogP contribution < -0.4 is 0 Å². The average molecular weight is 285 g/mol. The first-order chi connectivity index (χ1) is 10.1. The third-order valence-corrected chi connectivity index (χ3v) is 3.39. The van der Waals surface area contributed by atoms with Gasteiger partial charge in [0.1, 0.15) is 6.04 Å². The number of benzene rings is 1. The van der Waals surface area contributed by atoms with Crippen molar-refractivity contribution >= 4 is 17.8 Å². The van der Waals surface area contributed by atoms with E-state index in [9.17, 15) is 19.5 Å². The second-order valence-corrected chi connectivity index (χ2v) is 4.66. The molecular weight excluding hydrogens is 274 g/mol. The van der Waals surface area contributed by atoms with Crippen LogP contribution in [0.15, 0.2) is 36.8 Å². The predicted octanol–water partition coefficient (Wildman–Crippen LogP) is 0.702.